The highest BCUT2D eigenvalue weighted by Gasteiger charge is 2.15. The SMILES string of the molecule is CCOC(=O)C(C)CN(C)CCc1ccccc1. The number of benzene rings is 1. The zero-order valence-electron chi connectivity index (χ0n) is 11.6. The first-order chi connectivity index (χ1) is 8.63. The molecule has 0 bridgehead atoms. The van der Waals surface area contributed by atoms with E-state index in [1.54, 1.807) is 0 Å². The molecule has 0 aromatic heterocycles. The number of esters is 1. The molecular weight excluding hydrogens is 226 g/mol. The molecule has 0 aliphatic heterocycles. The molecule has 0 saturated carbocycles. The Kier molecular flexibility index (Phi) is 6.44. The van der Waals surface area contributed by atoms with Crippen molar-refractivity contribution in [1.29, 1.82) is 0 Å². The van der Waals surface area contributed by atoms with Crippen molar-refractivity contribution in [3.05, 3.63) is 35.9 Å². The third-order valence-corrected chi connectivity index (χ3v) is 2.90. The molecule has 18 heavy (non-hydrogen) atoms. The first kappa shape index (κ1) is 14.7. The smallest absolute Gasteiger partial charge is 0.309 e. The van der Waals surface area contributed by atoms with Crippen molar-refractivity contribution in [2.24, 2.45) is 5.92 Å². The van der Waals surface area contributed by atoms with Gasteiger partial charge in [0, 0.05) is 13.1 Å². The summed E-state index contributed by atoms with van der Waals surface area (Å²) >= 11 is 0. The molecule has 1 aromatic carbocycles. The Bertz CT molecular complexity index is 351. The quantitative estimate of drug-likeness (QED) is 0.695. The summed E-state index contributed by atoms with van der Waals surface area (Å²) in [5.74, 6) is -0.171. The number of rotatable bonds is 7. The van der Waals surface area contributed by atoms with Crippen molar-refractivity contribution in [2.45, 2.75) is 20.3 Å². The summed E-state index contributed by atoms with van der Waals surface area (Å²) in [6.45, 7) is 5.90. The highest BCUT2D eigenvalue weighted by atomic mass is 16.5. The monoisotopic (exact) mass is 249 g/mol. The predicted molar refractivity (Wildman–Crippen MR) is 73.4 cm³/mol. The van der Waals surface area contributed by atoms with Crippen LogP contribution in [-0.4, -0.2) is 37.6 Å². The van der Waals surface area contributed by atoms with Crippen LogP contribution in [0, 0.1) is 5.92 Å². The fraction of sp³-hybridized carbons (Fsp3) is 0.533. The normalized spacial score (nSPS) is 12.4. The molecule has 1 aromatic rings. The van der Waals surface area contributed by atoms with E-state index in [0.29, 0.717) is 6.61 Å². The fourth-order valence-corrected chi connectivity index (χ4v) is 1.88. The Morgan fingerprint density at radius 1 is 1.33 bits per heavy atom. The summed E-state index contributed by atoms with van der Waals surface area (Å²) < 4.78 is 5.00. The Balaban J connectivity index is 2.29. The van der Waals surface area contributed by atoms with Gasteiger partial charge in [0.05, 0.1) is 12.5 Å². The Morgan fingerprint density at radius 3 is 2.61 bits per heavy atom. The van der Waals surface area contributed by atoms with Crippen LogP contribution in [0.5, 0.6) is 0 Å². The second-order valence-electron chi connectivity index (χ2n) is 4.65. The van der Waals surface area contributed by atoms with Gasteiger partial charge in [-0.05, 0) is 26.0 Å². The second-order valence-corrected chi connectivity index (χ2v) is 4.65. The molecule has 3 heteroatoms. The van der Waals surface area contributed by atoms with Crippen LogP contribution < -0.4 is 0 Å². The molecule has 0 spiro atoms. The van der Waals surface area contributed by atoms with Gasteiger partial charge in [-0.3, -0.25) is 4.79 Å². The number of ether oxygens (including phenoxy) is 1. The van der Waals surface area contributed by atoms with Crippen molar-refractivity contribution in [2.75, 3.05) is 26.7 Å². The van der Waals surface area contributed by atoms with Crippen LogP contribution >= 0.6 is 0 Å². The summed E-state index contributed by atoms with van der Waals surface area (Å²) in [5.41, 5.74) is 1.33. The Hall–Kier alpha value is -1.35. The minimum atomic E-state index is -0.107. The minimum Gasteiger partial charge on any atom is -0.466 e. The van der Waals surface area contributed by atoms with Crippen LogP contribution in [-0.2, 0) is 16.0 Å². The van der Waals surface area contributed by atoms with Crippen LogP contribution in [0.2, 0.25) is 0 Å². The number of hydrogen-bond donors (Lipinski definition) is 0. The van der Waals surface area contributed by atoms with Crippen molar-refractivity contribution in [3.8, 4) is 0 Å². The first-order valence-corrected chi connectivity index (χ1v) is 6.52. The molecule has 0 radical (unpaired) electrons. The van der Waals surface area contributed by atoms with Gasteiger partial charge in [0.2, 0.25) is 0 Å². The molecular formula is C15H23NO2. The van der Waals surface area contributed by atoms with Gasteiger partial charge in [-0.2, -0.15) is 0 Å². The zero-order valence-corrected chi connectivity index (χ0v) is 11.6. The lowest BCUT2D eigenvalue weighted by Gasteiger charge is -2.20. The summed E-state index contributed by atoms with van der Waals surface area (Å²) in [7, 11) is 2.04. The molecule has 0 N–H and O–H groups in total. The Morgan fingerprint density at radius 2 is 2.00 bits per heavy atom. The van der Waals surface area contributed by atoms with E-state index in [2.05, 4.69) is 29.2 Å². The first-order valence-electron chi connectivity index (χ1n) is 6.52. The number of carbonyl (C=O) groups excluding carboxylic acids is 1. The minimum absolute atomic E-state index is 0.0641. The predicted octanol–water partition coefficient (Wildman–Crippen LogP) is 2.36. The lowest BCUT2D eigenvalue weighted by Crippen LogP contribution is -2.31. The molecule has 0 fully saturated rings. The maximum absolute atomic E-state index is 11.5. The van der Waals surface area contributed by atoms with Crippen LogP contribution in [0.1, 0.15) is 19.4 Å². The van der Waals surface area contributed by atoms with Gasteiger partial charge in [-0.15, -0.1) is 0 Å². The van der Waals surface area contributed by atoms with Crippen LogP contribution in [0.25, 0.3) is 0 Å². The molecule has 0 aliphatic rings. The van der Waals surface area contributed by atoms with Gasteiger partial charge in [-0.25, -0.2) is 0 Å². The molecule has 0 saturated heterocycles. The van der Waals surface area contributed by atoms with E-state index >= 15 is 0 Å². The maximum atomic E-state index is 11.5. The third kappa shape index (κ3) is 5.32. The van der Waals surface area contributed by atoms with Crippen LogP contribution in [0.4, 0.5) is 0 Å². The van der Waals surface area contributed by atoms with E-state index < -0.39 is 0 Å². The summed E-state index contributed by atoms with van der Waals surface area (Å²) in [6.07, 6.45) is 1.01. The number of nitrogens with zero attached hydrogens (tertiary/aromatic N) is 1. The molecule has 100 valence electrons. The molecule has 0 heterocycles. The highest BCUT2D eigenvalue weighted by Crippen LogP contribution is 2.04. The summed E-state index contributed by atoms with van der Waals surface area (Å²) in [4.78, 5) is 13.7. The van der Waals surface area contributed by atoms with Gasteiger partial charge >= 0.3 is 5.97 Å². The summed E-state index contributed by atoms with van der Waals surface area (Å²) in [6, 6.07) is 10.4. The van der Waals surface area contributed by atoms with Crippen molar-refractivity contribution in [3.63, 3.8) is 0 Å². The lowest BCUT2D eigenvalue weighted by molar-refractivity contribution is -0.147. The largest absolute Gasteiger partial charge is 0.466 e. The maximum Gasteiger partial charge on any atom is 0.309 e. The average Bonchev–Trinajstić information content (AvgIpc) is 2.38. The third-order valence-electron chi connectivity index (χ3n) is 2.90. The highest BCUT2D eigenvalue weighted by molar-refractivity contribution is 5.72. The summed E-state index contributed by atoms with van der Waals surface area (Å²) in [5, 5.41) is 0. The molecule has 0 amide bonds. The van der Waals surface area contributed by atoms with Crippen LogP contribution in [0.3, 0.4) is 0 Å². The molecule has 3 nitrogen and oxygen atoms in total. The van der Waals surface area contributed by atoms with E-state index in [-0.39, 0.29) is 11.9 Å². The van der Waals surface area contributed by atoms with E-state index in [4.69, 9.17) is 4.74 Å². The molecule has 1 atom stereocenters. The second kappa shape index (κ2) is 7.88. The number of hydrogen-bond acceptors (Lipinski definition) is 3. The molecule has 1 rings (SSSR count). The van der Waals surface area contributed by atoms with E-state index in [1.165, 1.54) is 5.56 Å². The van der Waals surface area contributed by atoms with Gasteiger partial charge in [-0.1, -0.05) is 37.3 Å². The van der Waals surface area contributed by atoms with Gasteiger partial charge < -0.3 is 9.64 Å². The van der Waals surface area contributed by atoms with Gasteiger partial charge in [0.1, 0.15) is 0 Å². The number of carbonyl (C=O) groups is 1. The van der Waals surface area contributed by atoms with E-state index in [1.807, 2.05) is 27.0 Å². The molecule has 0 aliphatic carbocycles. The van der Waals surface area contributed by atoms with E-state index in [0.717, 1.165) is 19.5 Å². The van der Waals surface area contributed by atoms with Crippen LogP contribution in [0.15, 0.2) is 30.3 Å². The number of likely N-dealkylation sites (N-methyl/N-ethyl adjacent to an activating group) is 1. The lowest BCUT2D eigenvalue weighted by atomic mass is 10.1. The van der Waals surface area contributed by atoms with E-state index in [9.17, 15) is 4.79 Å². The van der Waals surface area contributed by atoms with Gasteiger partial charge in [0.15, 0.2) is 0 Å². The standard InChI is InChI=1S/C15H23NO2/c1-4-18-15(17)13(2)12-16(3)11-10-14-8-6-5-7-9-14/h5-9,13H,4,10-12H2,1-3H3. The molecule has 1 unspecified atom stereocenters. The van der Waals surface area contributed by atoms with Gasteiger partial charge in [0.25, 0.3) is 0 Å². The van der Waals surface area contributed by atoms with Crippen molar-refractivity contribution in [1.82, 2.24) is 4.90 Å². The Labute approximate surface area is 110 Å². The average molecular weight is 249 g/mol. The zero-order chi connectivity index (χ0) is 13.4. The topological polar surface area (TPSA) is 29.5 Å². The van der Waals surface area contributed by atoms with Crippen molar-refractivity contribution >= 4 is 5.97 Å². The fourth-order valence-electron chi connectivity index (χ4n) is 1.88. The van der Waals surface area contributed by atoms with Crippen molar-refractivity contribution < 1.29 is 9.53 Å².